The molecule has 0 radical (unpaired) electrons. The number of hydrogen-bond donors (Lipinski definition) is 1. The summed E-state index contributed by atoms with van der Waals surface area (Å²) in [5, 5.41) is 2.80. The van der Waals surface area contributed by atoms with E-state index >= 15 is 0 Å². The highest BCUT2D eigenvalue weighted by Crippen LogP contribution is 2.20. The summed E-state index contributed by atoms with van der Waals surface area (Å²) >= 11 is 0. The average Bonchev–Trinajstić information content (AvgIpc) is 2.90. The summed E-state index contributed by atoms with van der Waals surface area (Å²) in [6, 6.07) is 12.1. The number of rotatable bonds is 5. The molecule has 1 aromatic heterocycles. The molecule has 1 heterocycles. The number of amides is 1. The van der Waals surface area contributed by atoms with Gasteiger partial charge in [-0.3, -0.25) is 9.36 Å². The van der Waals surface area contributed by atoms with Gasteiger partial charge in [-0.2, -0.15) is 0 Å². The number of aromatic nitrogens is 1. The van der Waals surface area contributed by atoms with Crippen molar-refractivity contribution in [1.82, 2.24) is 4.57 Å². The Morgan fingerprint density at radius 3 is 2.83 bits per heavy atom. The molecule has 124 valence electrons. The predicted molar refractivity (Wildman–Crippen MR) is 91.7 cm³/mol. The first-order valence-electron chi connectivity index (χ1n) is 7.71. The summed E-state index contributed by atoms with van der Waals surface area (Å²) in [6.07, 6.45) is 0.836. The highest BCUT2D eigenvalue weighted by Gasteiger charge is 2.11. The van der Waals surface area contributed by atoms with Crippen LogP contribution in [0.1, 0.15) is 23.7 Å². The first kappa shape index (κ1) is 15.9. The molecule has 3 rings (SSSR count). The van der Waals surface area contributed by atoms with Crippen LogP contribution in [0, 0.1) is 0 Å². The normalized spacial score (nSPS) is 10.8. The van der Waals surface area contributed by atoms with Crippen molar-refractivity contribution >= 4 is 22.7 Å². The summed E-state index contributed by atoms with van der Waals surface area (Å²) in [6.45, 7) is 2.59. The molecule has 0 aliphatic carbocycles. The highest BCUT2D eigenvalue weighted by molar-refractivity contribution is 6.05. The molecular formula is C18H18N2O4. The number of carbonyl (C=O) groups excluding carboxylic acids is 1. The fourth-order valence-electron chi connectivity index (χ4n) is 2.55. The first-order chi connectivity index (χ1) is 11.6. The number of ether oxygens (including phenoxy) is 1. The Morgan fingerprint density at radius 1 is 1.25 bits per heavy atom. The van der Waals surface area contributed by atoms with Crippen LogP contribution in [0.3, 0.4) is 0 Å². The third-order valence-corrected chi connectivity index (χ3v) is 3.71. The van der Waals surface area contributed by atoms with Crippen molar-refractivity contribution in [2.45, 2.75) is 19.9 Å². The largest absolute Gasteiger partial charge is 0.497 e. The van der Waals surface area contributed by atoms with Crippen LogP contribution in [-0.2, 0) is 6.54 Å². The van der Waals surface area contributed by atoms with Crippen molar-refractivity contribution in [3.8, 4) is 5.75 Å². The lowest BCUT2D eigenvalue weighted by Gasteiger charge is -2.07. The van der Waals surface area contributed by atoms with Crippen molar-refractivity contribution in [3.63, 3.8) is 0 Å². The lowest BCUT2D eigenvalue weighted by atomic mass is 10.2. The summed E-state index contributed by atoms with van der Waals surface area (Å²) in [7, 11) is 1.55. The zero-order valence-corrected chi connectivity index (χ0v) is 13.5. The molecule has 2 aromatic carbocycles. The number of anilines is 1. The van der Waals surface area contributed by atoms with Crippen molar-refractivity contribution < 1.29 is 13.9 Å². The van der Waals surface area contributed by atoms with Gasteiger partial charge in [-0.05, 0) is 36.8 Å². The molecule has 0 unspecified atom stereocenters. The minimum absolute atomic E-state index is 0.261. The van der Waals surface area contributed by atoms with Gasteiger partial charge in [0.1, 0.15) is 5.75 Å². The number of carbonyl (C=O) groups is 1. The second-order valence-corrected chi connectivity index (χ2v) is 5.39. The maximum absolute atomic E-state index is 12.3. The van der Waals surface area contributed by atoms with E-state index in [4.69, 9.17) is 9.15 Å². The van der Waals surface area contributed by atoms with Crippen molar-refractivity contribution in [1.29, 1.82) is 0 Å². The Morgan fingerprint density at radius 2 is 2.08 bits per heavy atom. The number of nitrogens with zero attached hydrogens (tertiary/aromatic N) is 1. The molecule has 0 bridgehead atoms. The molecule has 1 N–H and O–H groups in total. The van der Waals surface area contributed by atoms with Crippen LogP contribution in [0.4, 0.5) is 5.69 Å². The Labute approximate surface area is 138 Å². The molecule has 24 heavy (non-hydrogen) atoms. The third-order valence-electron chi connectivity index (χ3n) is 3.71. The van der Waals surface area contributed by atoms with E-state index in [0.717, 1.165) is 11.9 Å². The van der Waals surface area contributed by atoms with Gasteiger partial charge in [-0.15, -0.1) is 0 Å². The van der Waals surface area contributed by atoms with E-state index in [1.807, 2.05) is 6.92 Å². The van der Waals surface area contributed by atoms with Gasteiger partial charge in [-0.25, -0.2) is 4.79 Å². The number of aryl methyl sites for hydroxylation is 1. The van der Waals surface area contributed by atoms with Gasteiger partial charge in [-0.1, -0.05) is 13.0 Å². The van der Waals surface area contributed by atoms with E-state index in [-0.39, 0.29) is 11.7 Å². The van der Waals surface area contributed by atoms with Crippen LogP contribution in [0.15, 0.2) is 51.7 Å². The summed E-state index contributed by atoms with van der Waals surface area (Å²) in [5.74, 6) is -0.0348. The number of benzene rings is 2. The van der Waals surface area contributed by atoms with Gasteiger partial charge in [0.15, 0.2) is 5.58 Å². The van der Waals surface area contributed by atoms with E-state index < -0.39 is 0 Å². The van der Waals surface area contributed by atoms with E-state index in [9.17, 15) is 9.59 Å². The van der Waals surface area contributed by atoms with Gasteiger partial charge in [0, 0.05) is 23.9 Å². The quantitative estimate of drug-likeness (QED) is 0.781. The molecule has 6 nitrogen and oxygen atoms in total. The maximum atomic E-state index is 12.3. The minimum Gasteiger partial charge on any atom is -0.497 e. The van der Waals surface area contributed by atoms with Crippen LogP contribution in [0.25, 0.3) is 11.1 Å². The zero-order chi connectivity index (χ0) is 17.1. The number of hydrogen-bond acceptors (Lipinski definition) is 4. The Balaban J connectivity index is 1.87. The maximum Gasteiger partial charge on any atom is 0.419 e. The third kappa shape index (κ3) is 3.03. The Bertz CT molecular complexity index is 940. The van der Waals surface area contributed by atoms with E-state index in [0.29, 0.717) is 29.1 Å². The molecule has 0 aliphatic rings. The number of methoxy groups -OCH3 is 1. The van der Waals surface area contributed by atoms with Crippen LogP contribution in [0.2, 0.25) is 0 Å². The lowest BCUT2D eigenvalue weighted by molar-refractivity contribution is 0.102. The monoisotopic (exact) mass is 326 g/mol. The topological polar surface area (TPSA) is 73.5 Å². The van der Waals surface area contributed by atoms with E-state index in [1.54, 1.807) is 54.1 Å². The zero-order valence-electron chi connectivity index (χ0n) is 13.5. The number of nitrogens with one attached hydrogen (secondary N) is 1. The minimum atomic E-state index is -0.386. The number of fused-ring (bicyclic) bond motifs is 1. The standard InChI is InChI=1S/C18H18N2O4/c1-3-9-20-15-8-7-13(11-16(15)24-18(20)22)19-17(21)12-5-4-6-14(10-12)23-2/h4-8,10-11H,3,9H2,1-2H3,(H,19,21). The van der Waals surface area contributed by atoms with Gasteiger partial charge >= 0.3 is 5.76 Å². The predicted octanol–water partition coefficient (Wildman–Crippen LogP) is 3.27. The summed E-state index contributed by atoms with van der Waals surface area (Å²) in [4.78, 5) is 24.2. The molecule has 3 aromatic rings. The van der Waals surface area contributed by atoms with Crippen LogP contribution < -0.4 is 15.8 Å². The SMILES string of the molecule is CCCn1c(=O)oc2cc(NC(=O)c3cccc(OC)c3)ccc21. The second-order valence-electron chi connectivity index (χ2n) is 5.39. The molecule has 0 saturated heterocycles. The molecule has 0 atom stereocenters. The van der Waals surface area contributed by atoms with Gasteiger partial charge in [0.2, 0.25) is 0 Å². The van der Waals surface area contributed by atoms with Gasteiger partial charge < -0.3 is 14.5 Å². The van der Waals surface area contributed by atoms with Crippen molar-refractivity contribution in [2.24, 2.45) is 0 Å². The first-order valence-corrected chi connectivity index (χ1v) is 7.71. The molecular weight excluding hydrogens is 308 g/mol. The molecule has 0 saturated carbocycles. The van der Waals surface area contributed by atoms with Crippen LogP contribution in [0.5, 0.6) is 5.75 Å². The smallest absolute Gasteiger partial charge is 0.419 e. The molecule has 0 spiro atoms. The van der Waals surface area contributed by atoms with Gasteiger partial charge in [0.05, 0.1) is 12.6 Å². The molecule has 6 heteroatoms. The molecule has 0 aliphatic heterocycles. The van der Waals surface area contributed by atoms with Crippen molar-refractivity contribution in [2.75, 3.05) is 12.4 Å². The van der Waals surface area contributed by atoms with Crippen molar-refractivity contribution in [3.05, 3.63) is 58.6 Å². The number of oxazole rings is 1. The average molecular weight is 326 g/mol. The van der Waals surface area contributed by atoms with Gasteiger partial charge in [0.25, 0.3) is 5.91 Å². The highest BCUT2D eigenvalue weighted by atomic mass is 16.5. The Hall–Kier alpha value is -3.02. The fourth-order valence-corrected chi connectivity index (χ4v) is 2.55. The molecule has 0 fully saturated rings. The molecule has 1 amide bonds. The Kier molecular flexibility index (Phi) is 4.37. The van der Waals surface area contributed by atoms with Crippen LogP contribution >= 0.6 is 0 Å². The van der Waals surface area contributed by atoms with E-state index in [2.05, 4.69) is 5.32 Å². The summed E-state index contributed by atoms with van der Waals surface area (Å²) in [5.41, 5.74) is 2.23. The van der Waals surface area contributed by atoms with E-state index in [1.165, 1.54) is 0 Å². The fraction of sp³-hybridized carbons (Fsp3) is 0.222. The summed E-state index contributed by atoms with van der Waals surface area (Å²) < 4.78 is 12.0. The lowest BCUT2D eigenvalue weighted by Crippen LogP contribution is -2.13. The second kappa shape index (κ2) is 6.62. The van der Waals surface area contributed by atoms with Crippen LogP contribution in [-0.4, -0.2) is 17.6 Å².